The van der Waals surface area contributed by atoms with Gasteiger partial charge in [-0.25, -0.2) is 4.98 Å². The van der Waals surface area contributed by atoms with Crippen molar-refractivity contribution in [3.8, 4) is 0 Å². The molecule has 1 unspecified atom stereocenters. The maximum Gasteiger partial charge on any atom is 0.109 e. The van der Waals surface area contributed by atoms with Gasteiger partial charge in [-0.3, -0.25) is 4.90 Å². The molecule has 0 radical (unpaired) electrons. The number of hydrogen-bond acceptors (Lipinski definition) is 2. The van der Waals surface area contributed by atoms with Crippen LogP contribution in [0.3, 0.4) is 0 Å². The Labute approximate surface area is 104 Å². The van der Waals surface area contributed by atoms with Gasteiger partial charge in [-0.2, -0.15) is 0 Å². The molecule has 2 aliphatic rings. The molecule has 0 spiro atoms. The number of imidazole rings is 1. The maximum atomic E-state index is 4.89. The average Bonchev–Trinajstić information content (AvgIpc) is 2.95. The first-order chi connectivity index (χ1) is 8.25. The first-order valence-electron chi connectivity index (χ1n) is 7.07. The molecule has 0 amide bonds. The van der Waals surface area contributed by atoms with Crippen molar-refractivity contribution < 1.29 is 0 Å². The van der Waals surface area contributed by atoms with Crippen LogP contribution >= 0.6 is 0 Å². The molecule has 0 aromatic carbocycles. The van der Waals surface area contributed by atoms with Gasteiger partial charge in [0.2, 0.25) is 0 Å². The zero-order chi connectivity index (χ0) is 11.8. The van der Waals surface area contributed by atoms with Gasteiger partial charge in [0, 0.05) is 25.2 Å². The van der Waals surface area contributed by atoms with Gasteiger partial charge in [-0.15, -0.1) is 0 Å². The molecule has 94 valence electrons. The Bertz CT molecular complexity index is 371. The van der Waals surface area contributed by atoms with Gasteiger partial charge in [0.15, 0.2) is 0 Å². The van der Waals surface area contributed by atoms with E-state index in [1.807, 2.05) is 0 Å². The van der Waals surface area contributed by atoms with Crippen LogP contribution in [-0.4, -0.2) is 27.0 Å². The minimum Gasteiger partial charge on any atom is -0.335 e. The van der Waals surface area contributed by atoms with E-state index in [4.69, 9.17) is 4.98 Å². The molecule has 2 aliphatic heterocycles. The van der Waals surface area contributed by atoms with Crippen LogP contribution in [0.15, 0.2) is 6.20 Å². The second-order valence-corrected chi connectivity index (χ2v) is 5.72. The SMILES string of the molecule is CC(C)N1CCCC1c1cn2c(n1)CCCC2. The summed E-state index contributed by atoms with van der Waals surface area (Å²) in [5.74, 6) is 1.32. The summed E-state index contributed by atoms with van der Waals surface area (Å²) >= 11 is 0. The Hall–Kier alpha value is -0.830. The quantitative estimate of drug-likeness (QED) is 0.783. The summed E-state index contributed by atoms with van der Waals surface area (Å²) in [4.78, 5) is 7.49. The Morgan fingerprint density at radius 3 is 2.88 bits per heavy atom. The monoisotopic (exact) mass is 233 g/mol. The zero-order valence-electron chi connectivity index (χ0n) is 11.0. The van der Waals surface area contributed by atoms with Gasteiger partial charge in [-0.1, -0.05) is 0 Å². The lowest BCUT2D eigenvalue weighted by Crippen LogP contribution is -2.30. The van der Waals surface area contributed by atoms with Gasteiger partial charge in [0.05, 0.1) is 11.7 Å². The highest BCUT2D eigenvalue weighted by molar-refractivity contribution is 5.12. The Kier molecular flexibility index (Phi) is 2.95. The summed E-state index contributed by atoms with van der Waals surface area (Å²) in [6, 6.07) is 1.22. The molecule has 1 atom stereocenters. The molecule has 1 aromatic rings. The van der Waals surface area contributed by atoms with Crippen LogP contribution in [0, 0.1) is 0 Å². The molecular formula is C14H23N3. The summed E-state index contributed by atoms with van der Waals surface area (Å²) in [5, 5.41) is 0. The molecule has 0 saturated carbocycles. The fourth-order valence-corrected chi connectivity index (χ4v) is 3.32. The standard InChI is InChI=1S/C14H23N3/c1-11(2)17-9-5-6-13(17)12-10-16-8-4-3-7-14(16)15-12/h10-11,13H,3-9H2,1-2H3. The molecule has 3 rings (SSSR count). The Morgan fingerprint density at radius 2 is 2.12 bits per heavy atom. The van der Waals surface area contributed by atoms with Crippen LogP contribution in [0.4, 0.5) is 0 Å². The molecule has 1 aromatic heterocycles. The van der Waals surface area contributed by atoms with E-state index in [0.29, 0.717) is 12.1 Å². The van der Waals surface area contributed by atoms with Gasteiger partial charge >= 0.3 is 0 Å². The van der Waals surface area contributed by atoms with Gasteiger partial charge < -0.3 is 4.57 Å². The van der Waals surface area contributed by atoms with Crippen LogP contribution in [0.5, 0.6) is 0 Å². The fourth-order valence-electron chi connectivity index (χ4n) is 3.32. The lowest BCUT2D eigenvalue weighted by Gasteiger charge is -2.26. The molecule has 3 nitrogen and oxygen atoms in total. The number of fused-ring (bicyclic) bond motifs is 1. The van der Waals surface area contributed by atoms with E-state index in [1.165, 1.54) is 56.7 Å². The van der Waals surface area contributed by atoms with Crippen molar-refractivity contribution in [3.63, 3.8) is 0 Å². The van der Waals surface area contributed by atoms with Gasteiger partial charge in [-0.05, 0) is 46.1 Å². The number of rotatable bonds is 2. The van der Waals surface area contributed by atoms with Crippen LogP contribution in [0.1, 0.15) is 57.1 Å². The van der Waals surface area contributed by atoms with Crippen LogP contribution < -0.4 is 0 Å². The number of hydrogen-bond donors (Lipinski definition) is 0. The van der Waals surface area contributed by atoms with E-state index in [9.17, 15) is 0 Å². The van der Waals surface area contributed by atoms with Crippen LogP contribution in [-0.2, 0) is 13.0 Å². The summed E-state index contributed by atoms with van der Waals surface area (Å²) in [5.41, 5.74) is 1.33. The summed E-state index contributed by atoms with van der Waals surface area (Å²) in [7, 11) is 0. The number of aryl methyl sites for hydroxylation is 2. The summed E-state index contributed by atoms with van der Waals surface area (Å²) < 4.78 is 2.38. The molecule has 0 aliphatic carbocycles. The molecule has 1 fully saturated rings. The lowest BCUT2D eigenvalue weighted by atomic mass is 10.1. The molecular weight excluding hydrogens is 210 g/mol. The number of likely N-dealkylation sites (tertiary alicyclic amines) is 1. The predicted octanol–water partition coefficient (Wildman–Crippen LogP) is 2.76. The van der Waals surface area contributed by atoms with Gasteiger partial charge in [0.25, 0.3) is 0 Å². The first kappa shape index (κ1) is 11.3. The fraction of sp³-hybridized carbons (Fsp3) is 0.786. The minimum absolute atomic E-state index is 0.577. The van der Waals surface area contributed by atoms with Crippen LogP contribution in [0.2, 0.25) is 0 Å². The van der Waals surface area contributed by atoms with Crippen molar-refractivity contribution in [1.29, 1.82) is 0 Å². The van der Waals surface area contributed by atoms with E-state index in [-0.39, 0.29) is 0 Å². The molecule has 17 heavy (non-hydrogen) atoms. The maximum absolute atomic E-state index is 4.89. The average molecular weight is 233 g/mol. The highest BCUT2D eigenvalue weighted by atomic mass is 15.2. The lowest BCUT2D eigenvalue weighted by molar-refractivity contribution is 0.202. The first-order valence-corrected chi connectivity index (χ1v) is 7.07. The van der Waals surface area contributed by atoms with Gasteiger partial charge in [0.1, 0.15) is 5.82 Å². The van der Waals surface area contributed by atoms with Crippen LogP contribution in [0.25, 0.3) is 0 Å². The number of aromatic nitrogens is 2. The van der Waals surface area contributed by atoms with E-state index >= 15 is 0 Å². The minimum atomic E-state index is 0.577. The smallest absolute Gasteiger partial charge is 0.109 e. The summed E-state index contributed by atoms with van der Waals surface area (Å²) in [6.07, 6.45) is 8.74. The third kappa shape index (κ3) is 2.01. The largest absolute Gasteiger partial charge is 0.335 e. The second-order valence-electron chi connectivity index (χ2n) is 5.72. The third-order valence-electron chi connectivity index (χ3n) is 4.23. The van der Waals surface area contributed by atoms with E-state index in [1.54, 1.807) is 0 Å². The topological polar surface area (TPSA) is 21.1 Å². The van der Waals surface area contributed by atoms with Crippen molar-refractivity contribution in [2.24, 2.45) is 0 Å². The van der Waals surface area contributed by atoms with Crippen molar-refractivity contribution in [2.75, 3.05) is 6.54 Å². The Balaban J connectivity index is 1.85. The van der Waals surface area contributed by atoms with E-state index in [0.717, 1.165) is 0 Å². The summed E-state index contributed by atoms with van der Waals surface area (Å²) in [6.45, 7) is 7.02. The van der Waals surface area contributed by atoms with Crippen molar-refractivity contribution in [3.05, 3.63) is 17.7 Å². The predicted molar refractivity (Wildman–Crippen MR) is 69.0 cm³/mol. The highest BCUT2D eigenvalue weighted by Crippen LogP contribution is 2.33. The van der Waals surface area contributed by atoms with E-state index < -0.39 is 0 Å². The number of nitrogens with zero attached hydrogens (tertiary/aromatic N) is 3. The van der Waals surface area contributed by atoms with Crippen molar-refractivity contribution >= 4 is 0 Å². The Morgan fingerprint density at radius 1 is 1.24 bits per heavy atom. The molecule has 0 N–H and O–H groups in total. The molecule has 3 heteroatoms. The van der Waals surface area contributed by atoms with Crippen molar-refractivity contribution in [2.45, 2.75) is 64.6 Å². The molecule has 3 heterocycles. The zero-order valence-corrected chi connectivity index (χ0v) is 11.0. The highest BCUT2D eigenvalue weighted by Gasteiger charge is 2.30. The van der Waals surface area contributed by atoms with Crippen molar-refractivity contribution in [1.82, 2.24) is 14.5 Å². The normalized spacial score (nSPS) is 25.5. The molecule has 1 saturated heterocycles. The third-order valence-corrected chi connectivity index (χ3v) is 4.23. The molecule has 0 bridgehead atoms. The van der Waals surface area contributed by atoms with E-state index in [2.05, 4.69) is 29.5 Å². The second kappa shape index (κ2) is 4.45.